The van der Waals surface area contributed by atoms with Crippen molar-refractivity contribution in [3.63, 3.8) is 0 Å². The quantitative estimate of drug-likeness (QED) is 0.548. The Labute approximate surface area is 124 Å². The summed E-state index contributed by atoms with van der Waals surface area (Å²) in [5, 5.41) is 3.03. The molecular weight excluding hydrogens is 250 g/mol. The lowest BCUT2D eigenvalue weighted by Gasteiger charge is -2.38. The molecule has 1 heterocycles. The van der Waals surface area contributed by atoms with Crippen LogP contribution >= 0.6 is 0 Å². The van der Waals surface area contributed by atoms with E-state index < -0.39 is 0 Å². The van der Waals surface area contributed by atoms with E-state index in [9.17, 15) is 4.79 Å². The van der Waals surface area contributed by atoms with Crippen LogP contribution in [0.3, 0.4) is 0 Å². The largest absolute Gasteiger partial charge is 0.380 e. The van der Waals surface area contributed by atoms with Gasteiger partial charge in [-0.1, -0.05) is 65.2 Å². The predicted octanol–water partition coefficient (Wildman–Crippen LogP) is 4.06. The van der Waals surface area contributed by atoms with Gasteiger partial charge in [0.2, 0.25) is 5.91 Å². The summed E-state index contributed by atoms with van der Waals surface area (Å²) in [6, 6.07) is 0. The van der Waals surface area contributed by atoms with Crippen LogP contribution in [0.1, 0.15) is 78.1 Å². The highest BCUT2D eigenvalue weighted by molar-refractivity contribution is 5.75. The molecule has 0 bridgehead atoms. The summed E-state index contributed by atoms with van der Waals surface area (Å²) in [6.45, 7) is 6.75. The van der Waals surface area contributed by atoms with E-state index in [1.165, 1.54) is 51.4 Å². The number of ether oxygens (including phenoxy) is 1. The van der Waals surface area contributed by atoms with Gasteiger partial charge in [0.05, 0.1) is 13.2 Å². The van der Waals surface area contributed by atoms with Crippen LogP contribution in [0.5, 0.6) is 0 Å². The van der Waals surface area contributed by atoms with Gasteiger partial charge in [0.25, 0.3) is 0 Å². The van der Waals surface area contributed by atoms with Crippen molar-refractivity contribution in [1.82, 2.24) is 5.32 Å². The van der Waals surface area contributed by atoms with Crippen molar-refractivity contribution < 1.29 is 9.53 Å². The molecule has 1 aliphatic rings. The number of rotatable bonds is 12. The third-order valence-corrected chi connectivity index (χ3v) is 4.12. The van der Waals surface area contributed by atoms with Crippen LogP contribution in [0.15, 0.2) is 0 Å². The van der Waals surface area contributed by atoms with E-state index in [2.05, 4.69) is 19.2 Å². The number of amides is 1. The summed E-state index contributed by atoms with van der Waals surface area (Å²) < 4.78 is 5.18. The van der Waals surface area contributed by atoms with Gasteiger partial charge in [-0.05, 0) is 6.42 Å². The zero-order valence-electron chi connectivity index (χ0n) is 13.5. The Morgan fingerprint density at radius 3 is 2.05 bits per heavy atom. The topological polar surface area (TPSA) is 38.3 Å². The maximum absolute atomic E-state index is 11.7. The summed E-state index contributed by atoms with van der Waals surface area (Å²) in [6.07, 6.45) is 12.4. The van der Waals surface area contributed by atoms with Gasteiger partial charge < -0.3 is 10.1 Å². The minimum Gasteiger partial charge on any atom is -0.380 e. The van der Waals surface area contributed by atoms with Crippen molar-refractivity contribution in [3.05, 3.63) is 0 Å². The van der Waals surface area contributed by atoms with Crippen LogP contribution < -0.4 is 5.32 Å². The van der Waals surface area contributed by atoms with Gasteiger partial charge in [0.15, 0.2) is 0 Å². The molecule has 0 aromatic rings. The smallest absolute Gasteiger partial charge is 0.220 e. The van der Waals surface area contributed by atoms with Crippen molar-refractivity contribution in [2.75, 3.05) is 19.8 Å². The molecule has 0 atom stereocenters. The van der Waals surface area contributed by atoms with Gasteiger partial charge in [-0.15, -0.1) is 0 Å². The number of nitrogens with one attached hydrogen (secondary N) is 1. The number of unbranched alkanes of at least 4 members (excludes halogenated alkanes) is 8. The average Bonchev–Trinajstić information content (AvgIpc) is 2.41. The van der Waals surface area contributed by atoms with E-state index in [0.717, 1.165) is 26.2 Å². The second-order valence-corrected chi connectivity index (χ2v) is 6.66. The summed E-state index contributed by atoms with van der Waals surface area (Å²) in [5.41, 5.74) is 0.189. The molecule has 0 spiro atoms. The lowest BCUT2D eigenvalue weighted by atomic mass is 9.89. The Morgan fingerprint density at radius 2 is 1.55 bits per heavy atom. The standard InChI is InChI=1S/C17H33NO2/c1-3-4-5-6-7-8-9-10-11-12-16(19)18-13-17(2)14-20-15-17/h3-15H2,1-2H3,(H,18,19). The number of hydrogen-bond acceptors (Lipinski definition) is 2. The minimum absolute atomic E-state index is 0.189. The third-order valence-electron chi connectivity index (χ3n) is 4.12. The Bertz CT molecular complexity index is 262. The monoisotopic (exact) mass is 283 g/mol. The molecule has 0 radical (unpaired) electrons. The SMILES string of the molecule is CCCCCCCCCCCC(=O)NCC1(C)COC1. The van der Waals surface area contributed by atoms with Crippen molar-refractivity contribution in [1.29, 1.82) is 0 Å². The van der Waals surface area contributed by atoms with Gasteiger partial charge in [0, 0.05) is 18.4 Å². The molecule has 1 saturated heterocycles. The van der Waals surface area contributed by atoms with E-state index in [4.69, 9.17) is 4.74 Å². The van der Waals surface area contributed by atoms with Crippen molar-refractivity contribution in [2.45, 2.75) is 78.1 Å². The summed E-state index contributed by atoms with van der Waals surface area (Å²) in [7, 11) is 0. The molecule has 0 saturated carbocycles. The molecule has 0 unspecified atom stereocenters. The molecule has 1 fully saturated rings. The van der Waals surface area contributed by atoms with E-state index in [-0.39, 0.29) is 11.3 Å². The lowest BCUT2D eigenvalue weighted by molar-refractivity contribution is -0.126. The summed E-state index contributed by atoms with van der Waals surface area (Å²) in [4.78, 5) is 11.7. The van der Waals surface area contributed by atoms with E-state index in [1.54, 1.807) is 0 Å². The highest BCUT2D eigenvalue weighted by atomic mass is 16.5. The van der Waals surface area contributed by atoms with Crippen LogP contribution in [0.2, 0.25) is 0 Å². The van der Waals surface area contributed by atoms with Gasteiger partial charge in [0.1, 0.15) is 0 Å². The molecule has 0 aliphatic carbocycles. The van der Waals surface area contributed by atoms with Gasteiger partial charge in [-0.25, -0.2) is 0 Å². The number of carbonyl (C=O) groups is 1. The Hall–Kier alpha value is -0.570. The van der Waals surface area contributed by atoms with Crippen LogP contribution in [0, 0.1) is 5.41 Å². The average molecular weight is 283 g/mol. The molecule has 118 valence electrons. The predicted molar refractivity (Wildman–Crippen MR) is 83.8 cm³/mol. The lowest BCUT2D eigenvalue weighted by Crippen LogP contribution is -2.48. The van der Waals surface area contributed by atoms with Gasteiger partial charge in [-0.3, -0.25) is 4.79 Å². The molecule has 3 nitrogen and oxygen atoms in total. The molecule has 0 aromatic carbocycles. The zero-order valence-corrected chi connectivity index (χ0v) is 13.5. The molecule has 3 heteroatoms. The molecule has 1 N–H and O–H groups in total. The number of hydrogen-bond donors (Lipinski definition) is 1. The highest BCUT2D eigenvalue weighted by Gasteiger charge is 2.33. The zero-order chi connectivity index (χ0) is 14.7. The fourth-order valence-electron chi connectivity index (χ4n) is 2.55. The second kappa shape index (κ2) is 10.2. The van der Waals surface area contributed by atoms with Crippen molar-refractivity contribution in [2.24, 2.45) is 5.41 Å². The van der Waals surface area contributed by atoms with E-state index in [1.807, 2.05) is 0 Å². The van der Waals surface area contributed by atoms with E-state index >= 15 is 0 Å². The maximum atomic E-state index is 11.7. The van der Waals surface area contributed by atoms with E-state index in [0.29, 0.717) is 6.42 Å². The normalized spacial score (nSPS) is 16.7. The first-order valence-electron chi connectivity index (χ1n) is 8.51. The van der Waals surface area contributed by atoms with Crippen LogP contribution in [0.4, 0.5) is 0 Å². The maximum Gasteiger partial charge on any atom is 0.220 e. The minimum atomic E-state index is 0.189. The van der Waals surface area contributed by atoms with Crippen LogP contribution in [-0.2, 0) is 9.53 Å². The van der Waals surface area contributed by atoms with Crippen LogP contribution in [-0.4, -0.2) is 25.7 Å². The highest BCUT2D eigenvalue weighted by Crippen LogP contribution is 2.25. The second-order valence-electron chi connectivity index (χ2n) is 6.66. The molecular formula is C17H33NO2. The summed E-state index contributed by atoms with van der Waals surface area (Å²) >= 11 is 0. The molecule has 1 rings (SSSR count). The molecule has 1 amide bonds. The van der Waals surface area contributed by atoms with Gasteiger partial charge in [-0.2, -0.15) is 0 Å². The Morgan fingerprint density at radius 1 is 1.00 bits per heavy atom. The first-order valence-corrected chi connectivity index (χ1v) is 8.51. The molecule has 20 heavy (non-hydrogen) atoms. The fraction of sp³-hybridized carbons (Fsp3) is 0.941. The van der Waals surface area contributed by atoms with Crippen LogP contribution in [0.25, 0.3) is 0 Å². The fourth-order valence-corrected chi connectivity index (χ4v) is 2.55. The molecule has 1 aliphatic heterocycles. The summed E-state index contributed by atoms with van der Waals surface area (Å²) in [5.74, 6) is 0.209. The third kappa shape index (κ3) is 7.88. The van der Waals surface area contributed by atoms with Gasteiger partial charge >= 0.3 is 0 Å². The van der Waals surface area contributed by atoms with Crippen molar-refractivity contribution >= 4 is 5.91 Å². The Kier molecular flexibility index (Phi) is 8.92. The Balaban J connectivity index is 1.82. The first kappa shape index (κ1) is 17.5. The molecule has 0 aromatic heterocycles. The first-order chi connectivity index (χ1) is 9.66. The number of carbonyl (C=O) groups excluding carboxylic acids is 1. The van der Waals surface area contributed by atoms with Crippen molar-refractivity contribution in [3.8, 4) is 0 Å².